The van der Waals surface area contributed by atoms with Gasteiger partial charge in [-0.2, -0.15) is 4.98 Å². The van der Waals surface area contributed by atoms with Crippen molar-refractivity contribution in [2.45, 2.75) is 39.3 Å². The molecule has 24 heavy (non-hydrogen) atoms. The van der Waals surface area contributed by atoms with Gasteiger partial charge in [0.1, 0.15) is 0 Å². The molecule has 0 spiro atoms. The van der Waals surface area contributed by atoms with E-state index in [0.29, 0.717) is 24.3 Å². The molecule has 0 aliphatic heterocycles. The van der Waals surface area contributed by atoms with Crippen molar-refractivity contribution in [1.29, 1.82) is 0 Å². The van der Waals surface area contributed by atoms with Gasteiger partial charge in [-0.3, -0.25) is 0 Å². The van der Waals surface area contributed by atoms with E-state index in [2.05, 4.69) is 59.6 Å². The highest BCUT2D eigenvalue weighted by Crippen LogP contribution is 2.18. The highest BCUT2D eigenvalue weighted by molar-refractivity contribution is 5.53. The molecule has 1 N–H and O–H groups in total. The summed E-state index contributed by atoms with van der Waals surface area (Å²) in [6.07, 6.45) is 2.14. The number of benzene rings is 2. The summed E-state index contributed by atoms with van der Waals surface area (Å²) in [7, 11) is 0. The standard InChI is InChI=1S/C20H23N3O/c1-15-7-6-10-18(13-15)20-22-19(23-24-20)14-21-16(2)11-12-17-8-4-3-5-9-17/h3-10,13,16,21H,11-12,14H2,1-2H3. The van der Waals surface area contributed by atoms with Gasteiger partial charge in [0.25, 0.3) is 5.89 Å². The molecule has 1 atom stereocenters. The lowest BCUT2D eigenvalue weighted by atomic mass is 10.1. The molecule has 0 saturated heterocycles. The predicted molar refractivity (Wildman–Crippen MR) is 95.5 cm³/mol. The Morgan fingerprint density at radius 3 is 2.71 bits per heavy atom. The lowest BCUT2D eigenvalue weighted by Gasteiger charge is -2.12. The number of aromatic nitrogens is 2. The lowest BCUT2D eigenvalue weighted by Crippen LogP contribution is -2.26. The van der Waals surface area contributed by atoms with Gasteiger partial charge in [-0.1, -0.05) is 53.2 Å². The summed E-state index contributed by atoms with van der Waals surface area (Å²) in [5, 5.41) is 7.52. The van der Waals surface area contributed by atoms with Gasteiger partial charge in [-0.15, -0.1) is 0 Å². The zero-order chi connectivity index (χ0) is 16.8. The normalized spacial score (nSPS) is 12.2. The van der Waals surface area contributed by atoms with Crippen LogP contribution in [0.1, 0.15) is 30.3 Å². The van der Waals surface area contributed by atoms with Gasteiger partial charge in [0.05, 0.1) is 6.54 Å². The van der Waals surface area contributed by atoms with Crippen molar-refractivity contribution in [2.75, 3.05) is 0 Å². The van der Waals surface area contributed by atoms with Gasteiger partial charge in [0.2, 0.25) is 0 Å². The van der Waals surface area contributed by atoms with E-state index in [0.717, 1.165) is 18.4 Å². The highest BCUT2D eigenvalue weighted by Gasteiger charge is 2.10. The quantitative estimate of drug-likeness (QED) is 0.710. The summed E-state index contributed by atoms with van der Waals surface area (Å²) in [4.78, 5) is 4.47. The molecular formula is C20H23N3O. The second-order valence-electron chi connectivity index (χ2n) is 6.19. The molecule has 0 aliphatic carbocycles. The Kier molecular flexibility index (Phi) is 5.39. The number of nitrogens with zero attached hydrogens (tertiary/aromatic N) is 2. The number of aryl methyl sites for hydroxylation is 2. The molecule has 0 aliphatic rings. The fourth-order valence-electron chi connectivity index (χ4n) is 2.62. The Morgan fingerprint density at radius 1 is 1.08 bits per heavy atom. The average Bonchev–Trinajstić information content (AvgIpc) is 3.08. The molecule has 0 bridgehead atoms. The predicted octanol–water partition coefficient (Wildman–Crippen LogP) is 4.16. The molecule has 124 valence electrons. The molecular weight excluding hydrogens is 298 g/mol. The van der Waals surface area contributed by atoms with Gasteiger partial charge >= 0.3 is 0 Å². The van der Waals surface area contributed by atoms with E-state index in [4.69, 9.17) is 4.52 Å². The molecule has 0 fully saturated rings. The van der Waals surface area contributed by atoms with E-state index in [-0.39, 0.29) is 0 Å². The van der Waals surface area contributed by atoms with Crippen LogP contribution in [-0.4, -0.2) is 16.2 Å². The molecule has 0 amide bonds. The van der Waals surface area contributed by atoms with Crippen molar-refractivity contribution < 1.29 is 4.52 Å². The molecule has 0 saturated carbocycles. The molecule has 4 nitrogen and oxygen atoms in total. The molecule has 3 rings (SSSR count). The maximum atomic E-state index is 5.37. The van der Waals surface area contributed by atoms with E-state index in [1.54, 1.807) is 0 Å². The molecule has 0 radical (unpaired) electrons. The van der Waals surface area contributed by atoms with Crippen LogP contribution in [0.4, 0.5) is 0 Å². The Morgan fingerprint density at radius 2 is 1.92 bits per heavy atom. The second-order valence-corrected chi connectivity index (χ2v) is 6.19. The summed E-state index contributed by atoms with van der Waals surface area (Å²) < 4.78 is 5.37. The van der Waals surface area contributed by atoms with E-state index in [1.165, 1.54) is 11.1 Å². The molecule has 4 heteroatoms. The molecule has 2 aromatic carbocycles. The summed E-state index contributed by atoms with van der Waals surface area (Å²) in [6, 6.07) is 19.0. The van der Waals surface area contributed by atoms with Crippen LogP contribution in [0.25, 0.3) is 11.5 Å². The zero-order valence-electron chi connectivity index (χ0n) is 14.2. The van der Waals surface area contributed by atoms with Crippen molar-refractivity contribution in [3.05, 3.63) is 71.5 Å². The van der Waals surface area contributed by atoms with Crippen LogP contribution in [-0.2, 0) is 13.0 Å². The number of hydrogen-bond acceptors (Lipinski definition) is 4. The Balaban J connectivity index is 1.50. The summed E-state index contributed by atoms with van der Waals surface area (Å²) in [5.41, 5.74) is 3.51. The highest BCUT2D eigenvalue weighted by atomic mass is 16.5. The third-order valence-corrected chi connectivity index (χ3v) is 4.05. The van der Waals surface area contributed by atoms with Crippen LogP contribution in [0.5, 0.6) is 0 Å². The Labute approximate surface area is 142 Å². The third-order valence-electron chi connectivity index (χ3n) is 4.05. The third kappa shape index (κ3) is 4.52. The number of nitrogens with one attached hydrogen (secondary N) is 1. The SMILES string of the molecule is Cc1cccc(-c2nc(CNC(C)CCc3ccccc3)no2)c1. The monoisotopic (exact) mass is 321 g/mol. The van der Waals surface area contributed by atoms with Crippen molar-refractivity contribution in [3.8, 4) is 11.5 Å². The Bertz CT molecular complexity index is 767. The first kappa shape index (κ1) is 16.4. The van der Waals surface area contributed by atoms with Gasteiger partial charge in [-0.25, -0.2) is 0 Å². The minimum absolute atomic E-state index is 0.395. The van der Waals surface area contributed by atoms with Gasteiger partial charge in [0, 0.05) is 11.6 Å². The van der Waals surface area contributed by atoms with Crippen molar-refractivity contribution in [2.24, 2.45) is 0 Å². The van der Waals surface area contributed by atoms with Crippen LogP contribution < -0.4 is 5.32 Å². The Hall–Kier alpha value is -2.46. The first-order chi connectivity index (χ1) is 11.7. The minimum Gasteiger partial charge on any atom is -0.334 e. The lowest BCUT2D eigenvalue weighted by molar-refractivity contribution is 0.414. The number of rotatable bonds is 7. The van der Waals surface area contributed by atoms with Crippen molar-refractivity contribution >= 4 is 0 Å². The largest absolute Gasteiger partial charge is 0.334 e. The van der Waals surface area contributed by atoms with E-state index in [9.17, 15) is 0 Å². The van der Waals surface area contributed by atoms with Crippen LogP contribution in [0.2, 0.25) is 0 Å². The van der Waals surface area contributed by atoms with Gasteiger partial charge in [0.15, 0.2) is 5.82 Å². The van der Waals surface area contributed by atoms with Crippen LogP contribution >= 0.6 is 0 Å². The fraction of sp³-hybridized carbons (Fsp3) is 0.300. The van der Waals surface area contributed by atoms with E-state index < -0.39 is 0 Å². The minimum atomic E-state index is 0.395. The molecule has 1 unspecified atom stereocenters. The zero-order valence-corrected chi connectivity index (χ0v) is 14.2. The smallest absolute Gasteiger partial charge is 0.257 e. The maximum absolute atomic E-state index is 5.37. The van der Waals surface area contributed by atoms with Crippen LogP contribution in [0.3, 0.4) is 0 Å². The van der Waals surface area contributed by atoms with Crippen molar-refractivity contribution in [1.82, 2.24) is 15.5 Å². The average molecular weight is 321 g/mol. The summed E-state index contributed by atoms with van der Waals surface area (Å²) >= 11 is 0. The number of hydrogen-bond donors (Lipinski definition) is 1. The van der Waals surface area contributed by atoms with E-state index >= 15 is 0 Å². The van der Waals surface area contributed by atoms with E-state index in [1.807, 2.05) is 24.3 Å². The summed E-state index contributed by atoms with van der Waals surface area (Å²) in [6.45, 7) is 4.85. The molecule has 1 heterocycles. The van der Waals surface area contributed by atoms with Crippen molar-refractivity contribution in [3.63, 3.8) is 0 Å². The second kappa shape index (κ2) is 7.88. The topological polar surface area (TPSA) is 51.0 Å². The van der Waals surface area contributed by atoms with Crippen LogP contribution in [0, 0.1) is 6.92 Å². The molecule has 3 aromatic rings. The van der Waals surface area contributed by atoms with Crippen LogP contribution in [0.15, 0.2) is 59.1 Å². The van der Waals surface area contributed by atoms with Gasteiger partial charge in [-0.05, 0) is 44.4 Å². The first-order valence-corrected chi connectivity index (χ1v) is 8.37. The fourth-order valence-corrected chi connectivity index (χ4v) is 2.62. The van der Waals surface area contributed by atoms with Gasteiger partial charge < -0.3 is 9.84 Å². The first-order valence-electron chi connectivity index (χ1n) is 8.37. The molecule has 1 aromatic heterocycles. The summed E-state index contributed by atoms with van der Waals surface area (Å²) in [5.74, 6) is 1.27. The maximum Gasteiger partial charge on any atom is 0.257 e.